The fraction of sp³-hybridized carbons (Fsp3) is 0.160. The molecule has 2 aliphatic rings. The molecule has 1 aromatic heterocycles. The van der Waals surface area contributed by atoms with Crippen molar-refractivity contribution in [1.82, 2.24) is 0 Å². The Morgan fingerprint density at radius 2 is 1.87 bits per heavy atom. The van der Waals surface area contributed by atoms with Gasteiger partial charge in [0.1, 0.15) is 18.1 Å². The van der Waals surface area contributed by atoms with Crippen LogP contribution in [-0.2, 0) is 22.6 Å². The summed E-state index contributed by atoms with van der Waals surface area (Å²) in [5, 5.41) is 5.84. The Hall–Kier alpha value is -3.93. The number of carbonyl (C=O) groups excluding carboxylic acids is 2. The van der Waals surface area contributed by atoms with Gasteiger partial charge in [0.15, 0.2) is 0 Å². The zero-order valence-electron chi connectivity index (χ0n) is 17.2. The lowest BCUT2D eigenvalue weighted by atomic mass is 10.0. The minimum atomic E-state index is -0.318. The third-order valence-corrected chi connectivity index (χ3v) is 5.54. The number of carbonyl (C=O) groups is 2. The van der Waals surface area contributed by atoms with Gasteiger partial charge in [0.2, 0.25) is 0 Å². The van der Waals surface area contributed by atoms with Gasteiger partial charge in [-0.05, 0) is 55.3 Å². The SMILES string of the molecule is CCc1ccc(N2N=C(C)C(=Cc3ccc(-c4ccc5c(c4)C(=O)OC5)o3)C2=O)cc1. The largest absolute Gasteiger partial charge is 0.457 e. The predicted octanol–water partition coefficient (Wildman–Crippen LogP) is 4.99. The van der Waals surface area contributed by atoms with E-state index in [4.69, 9.17) is 9.15 Å². The molecule has 3 aromatic rings. The average molecular weight is 412 g/mol. The minimum absolute atomic E-state index is 0.194. The van der Waals surface area contributed by atoms with Crippen LogP contribution in [0.25, 0.3) is 17.4 Å². The van der Waals surface area contributed by atoms with E-state index < -0.39 is 0 Å². The summed E-state index contributed by atoms with van der Waals surface area (Å²) in [5.74, 6) is 0.640. The Kier molecular flexibility index (Phi) is 4.55. The van der Waals surface area contributed by atoms with E-state index in [0.717, 1.165) is 23.2 Å². The van der Waals surface area contributed by atoms with E-state index >= 15 is 0 Å². The number of hydrogen-bond donors (Lipinski definition) is 0. The molecule has 3 heterocycles. The van der Waals surface area contributed by atoms with Crippen molar-refractivity contribution in [1.29, 1.82) is 0 Å². The first-order valence-corrected chi connectivity index (χ1v) is 10.1. The van der Waals surface area contributed by atoms with E-state index in [-0.39, 0.29) is 11.9 Å². The number of amides is 1. The van der Waals surface area contributed by atoms with Crippen LogP contribution in [0.5, 0.6) is 0 Å². The zero-order chi connectivity index (χ0) is 21.5. The van der Waals surface area contributed by atoms with Crippen molar-refractivity contribution >= 4 is 29.4 Å². The van der Waals surface area contributed by atoms with Gasteiger partial charge in [-0.25, -0.2) is 4.79 Å². The second kappa shape index (κ2) is 7.40. The fourth-order valence-electron chi connectivity index (χ4n) is 3.73. The molecule has 0 radical (unpaired) electrons. The number of hydrogen-bond acceptors (Lipinski definition) is 5. The minimum Gasteiger partial charge on any atom is -0.457 e. The van der Waals surface area contributed by atoms with Crippen LogP contribution < -0.4 is 5.01 Å². The summed E-state index contributed by atoms with van der Waals surface area (Å²) in [6, 6.07) is 17.0. The molecule has 154 valence electrons. The summed E-state index contributed by atoms with van der Waals surface area (Å²) in [5.41, 5.74) is 5.26. The quantitative estimate of drug-likeness (QED) is 0.447. The van der Waals surface area contributed by atoms with Crippen LogP contribution in [0.4, 0.5) is 5.69 Å². The van der Waals surface area contributed by atoms with Crippen LogP contribution in [0.15, 0.2) is 69.7 Å². The molecule has 0 saturated heterocycles. The van der Waals surface area contributed by atoms with Crippen molar-refractivity contribution in [3.8, 4) is 11.3 Å². The predicted molar refractivity (Wildman–Crippen MR) is 118 cm³/mol. The number of furan rings is 1. The molecule has 2 aliphatic heterocycles. The van der Waals surface area contributed by atoms with E-state index in [1.54, 1.807) is 25.1 Å². The first-order valence-electron chi connectivity index (χ1n) is 10.1. The van der Waals surface area contributed by atoms with Gasteiger partial charge >= 0.3 is 5.97 Å². The number of aryl methyl sites for hydroxylation is 1. The number of hydrazone groups is 1. The first kappa shape index (κ1) is 19.1. The Morgan fingerprint density at radius 1 is 1.06 bits per heavy atom. The van der Waals surface area contributed by atoms with Crippen molar-refractivity contribution in [3.05, 3.63) is 82.6 Å². The van der Waals surface area contributed by atoms with Crippen molar-refractivity contribution < 1.29 is 18.7 Å². The van der Waals surface area contributed by atoms with Gasteiger partial charge in [-0.15, -0.1) is 0 Å². The van der Waals surface area contributed by atoms with E-state index in [2.05, 4.69) is 12.0 Å². The Balaban J connectivity index is 1.41. The molecular formula is C25H20N2O4. The summed E-state index contributed by atoms with van der Waals surface area (Å²) in [6.45, 7) is 4.20. The van der Waals surface area contributed by atoms with Gasteiger partial charge in [0.25, 0.3) is 5.91 Å². The lowest BCUT2D eigenvalue weighted by Crippen LogP contribution is -2.21. The highest BCUT2D eigenvalue weighted by Gasteiger charge is 2.29. The molecule has 31 heavy (non-hydrogen) atoms. The summed E-state index contributed by atoms with van der Waals surface area (Å²) in [7, 11) is 0. The summed E-state index contributed by atoms with van der Waals surface area (Å²) in [6.07, 6.45) is 2.64. The van der Waals surface area contributed by atoms with Crippen LogP contribution in [0.3, 0.4) is 0 Å². The molecule has 0 saturated carbocycles. The first-order chi connectivity index (χ1) is 15.0. The molecule has 5 rings (SSSR count). The number of ether oxygens (including phenoxy) is 1. The smallest absolute Gasteiger partial charge is 0.338 e. The Bertz CT molecular complexity index is 1260. The van der Waals surface area contributed by atoms with Crippen LogP contribution >= 0.6 is 0 Å². The maximum absolute atomic E-state index is 13.0. The maximum atomic E-state index is 13.0. The van der Waals surface area contributed by atoms with Gasteiger partial charge in [0, 0.05) is 11.1 Å². The van der Waals surface area contributed by atoms with Gasteiger partial charge in [-0.2, -0.15) is 10.1 Å². The molecule has 0 aliphatic carbocycles. The van der Waals surface area contributed by atoms with Gasteiger partial charge < -0.3 is 9.15 Å². The molecular weight excluding hydrogens is 392 g/mol. The molecule has 0 bridgehead atoms. The average Bonchev–Trinajstić information content (AvgIpc) is 3.48. The number of esters is 1. The Morgan fingerprint density at radius 3 is 2.65 bits per heavy atom. The standard InChI is InChI=1S/C25H20N2O4/c1-3-16-4-8-19(9-5-16)27-24(28)21(15(2)26-27)13-20-10-11-23(31-20)17-6-7-18-14-30-25(29)22(18)12-17/h4-13H,3,14H2,1-2H3. The highest BCUT2D eigenvalue weighted by Crippen LogP contribution is 2.30. The molecule has 1 amide bonds. The van der Waals surface area contributed by atoms with Crippen molar-refractivity contribution in [2.75, 3.05) is 5.01 Å². The molecule has 0 N–H and O–H groups in total. The van der Waals surface area contributed by atoms with Crippen molar-refractivity contribution in [2.24, 2.45) is 5.10 Å². The maximum Gasteiger partial charge on any atom is 0.338 e. The molecule has 0 atom stereocenters. The molecule has 0 spiro atoms. The van der Waals surface area contributed by atoms with Gasteiger partial charge in [-0.1, -0.05) is 31.2 Å². The molecule has 6 heteroatoms. The van der Waals surface area contributed by atoms with E-state index in [1.807, 2.05) is 42.5 Å². The third-order valence-electron chi connectivity index (χ3n) is 5.54. The second-order valence-corrected chi connectivity index (χ2v) is 7.53. The number of nitrogens with zero attached hydrogens (tertiary/aromatic N) is 2. The number of cyclic esters (lactones) is 1. The van der Waals surface area contributed by atoms with E-state index in [0.29, 0.717) is 35.0 Å². The van der Waals surface area contributed by atoms with Crippen LogP contribution in [-0.4, -0.2) is 17.6 Å². The van der Waals surface area contributed by atoms with Crippen molar-refractivity contribution in [2.45, 2.75) is 26.9 Å². The number of benzene rings is 2. The van der Waals surface area contributed by atoms with Gasteiger partial charge in [0.05, 0.1) is 22.5 Å². The third kappa shape index (κ3) is 3.36. The monoisotopic (exact) mass is 412 g/mol. The van der Waals surface area contributed by atoms with Crippen LogP contribution in [0, 0.1) is 0 Å². The summed E-state index contributed by atoms with van der Waals surface area (Å²) < 4.78 is 11.0. The topological polar surface area (TPSA) is 72.1 Å². The van der Waals surface area contributed by atoms with E-state index in [1.165, 1.54) is 10.6 Å². The van der Waals surface area contributed by atoms with Crippen LogP contribution in [0.2, 0.25) is 0 Å². The Labute approximate surface area is 179 Å². The number of anilines is 1. The summed E-state index contributed by atoms with van der Waals surface area (Å²) >= 11 is 0. The van der Waals surface area contributed by atoms with Crippen LogP contribution in [0.1, 0.15) is 41.1 Å². The highest BCUT2D eigenvalue weighted by atomic mass is 16.5. The number of rotatable bonds is 4. The van der Waals surface area contributed by atoms with Crippen molar-refractivity contribution in [3.63, 3.8) is 0 Å². The normalized spacial score (nSPS) is 16.6. The van der Waals surface area contributed by atoms with Gasteiger partial charge in [-0.3, -0.25) is 4.79 Å². The highest BCUT2D eigenvalue weighted by molar-refractivity contribution is 6.32. The fourth-order valence-corrected chi connectivity index (χ4v) is 3.73. The zero-order valence-corrected chi connectivity index (χ0v) is 17.2. The molecule has 6 nitrogen and oxygen atoms in total. The lowest BCUT2D eigenvalue weighted by molar-refractivity contribution is -0.114. The molecule has 0 unspecified atom stereocenters. The summed E-state index contributed by atoms with van der Waals surface area (Å²) in [4.78, 5) is 24.8. The lowest BCUT2D eigenvalue weighted by Gasteiger charge is -2.12. The van der Waals surface area contributed by atoms with E-state index in [9.17, 15) is 9.59 Å². The molecule has 0 fully saturated rings. The second-order valence-electron chi connectivity index (χ2n) is 7.53. The molecule has 2 aromatic carbocycles. The number of fused-ring (bicyclic) bond motifs is 1.